The molecule has 3 heterocycles. The third-order valence-corrected chi connectivity index (χ3v) is 7.02. The highest BCUT2D eigenvalue weighted by molar-refractivity contribution is 7.19. The molecule has 0 unspecified atom stereocenters. The fraction of sp³-hybridized carbons (Fsp3) is 0.429. The van der Waals surface area contributed by atoms with Crippen LogP contribution >= 0.6 is 11.3 Å². The summed E-state index contributed by atoms with van der Waals surface area (Å²) in [5, 5.41) is 4.77. The highest BCUT2D eigenvalue weighted by Crippen LogP contribution is 2.39. The average molecular weight is 380 g/mol. The van der Waals surface area contributed by atoms with E-state index in [0.29, 0.717) is 0 Å². The maximum Gasteiger partial charge on any atom is 0.142 e. The second-order valence-electron chi connectivity index (χ2n) is 7.35. The van der Waals surface area contributed by atoms with Crippen molar-refractivity contribution in [1.82, 2.24) is 14.9 Å². The van der Waals surface area contributed by atoms with Crippen molar-refractivity contribution < 1.29 is 0 Å². The van der Waals surface area contributed by atoms with E-state index in [1.165, 1.54) is 34.4 Å². The molecule has 1 N–H and O–H groups in total. The zero-order valence-corrected chi connectivity index (χ0v) is 16.6. The van der Waals surface area contributed by atoms with Gasteiger partial charge in [0.05, 0.1) is 5.39 Å². The van der Waals surface area contributed by atoms with Crippen LogP contribution in [0.3, 0.4) is 0 Å². The summed E-state index contributed by atoms with van der Waals surface area (Å²) < 4.78 is 0. The number of fused-ring (bicyclic) bond motifs is 3. The number of nitrogens with zero attached hydrogens (tertiary/aromatic N) is 4. The van der Waals surface area contributed by atoms with Crippen molar-refractivity contribution >= 4 is 38.7 Å². The van der Waals surface area contributed by atoms with Gasteiger partial charge < -0.3 is 15.1 Å². The molecule has 6 heteroatoms. The number of likely N-dealkylation sites (N-methyl/N-ethyl adjacent to an activating group) is 1. The van der Waals surface area contributed by atoms with Crippen LogP contribution in [0.2, 0.25) is 0 Å². The Hall–Kier alpha value is -2.18. The molecule has 27 heavy (non-hydrogen) atoms. The number of hydrogen-bond acceptors (Lipinski definition) is 6. The van der Waals surface area contributed by atoms with Crippen LogP contribution in [0.5, 0.6) is 0 Å². The smallest absolute Gasteiger partial charge is 0.142 e. The zero-order valence-electron chi connectivity index (χ0n) is 15.7. The van der Waals surface area contributed by atoms with Crippen LogP contribution in [0.4, 0.5) is 17.2 Å². The van der Waals surface area contributed by atoms with E-state index < -0.39 is 0 Å². The van der Waals surface area contributed by atoms with Crippen molar-refractivity contribution in [1.29, 1.82) is 0 Å². The standard InChI is InChI=1S/C21H25N5S/c1-2-25-10-12-26(13-11-25)16-8-6-15(7-9-16)24-20-19-17-4-3-5-18(17)27-21(19)23-14-22-20/h6-9,14H,2-5,10-13H2,1H3,(H,22,23,24). The predicted molar refractivity (Wildman–Crippen MR) is 113 cm³/mol. The predicted octanol–water partition coefficient (Wildman–Crippen LogP) is 4.07. The van der Waals surface area contributed by atoms with Crippen LogP contribution in [0.25, 0.3) is 10.2 Å². The summed E-state index contributed by atoms with van der Waals surface area (Å²) >= 11 is 1.83. The molecule has 1 fully saturated rings. The van der Waals surface area contributed by atoms with Gasteiger partial charge >= 0.3 is 0 Å². The topological polar surface area (TPSA) is 44.3 Å². The van der Waals surface area contributed by atoms with Crippen molar-refractivity contribution in [3.63, 3.8) is 0 Å². The normalized spacial score (nSPS) is 17.4. The molecule has 5 rings (SSSR count). The van der Waals surface area contributed by atoms with Crippen LogP contribution < -0.4 is 10.2 Å². The van der Waals surface area contributed by atoms with Gasteiger partial charge in [0.2, 0.25) is 0 Å². The number of rotatable bonds is 4. The lowest BCUT2D eigenvalue weighted by molar-refractivity contribution is 0.271. The van der Waals surface area contributed by atoms with E-state index in [9.17, 15) is 0 Å². The van der Waals surface area contributed by atoms with Gasteiger partial charge in [0.1, 0.15) is 17.0 Å². The molecule has 1 aliphatic carbocycles. The lowest BCUT2D eigenvalue weighted by Gasteiger charge is -2.35. The van der Waals surface area contributed by atoms with Gasteiger partial charge in [0.15, 0.2) is 0 Å². The average Bonchev–Trinajstić information content (AvgIpc) is 3.30. The number of aromatic nitrogens is 2. The van der Waals surface area contributed by atoms with E-state index in [1.54, 1.807) is 6.33 Å². The molecule has 0 radical (unpaired) electrons. The van der Waals surface area contributed by atoms with Gasteiger partial charge in [-0.1, -0.05) is 6.92 Å². The summed E-state index contributed by atoms with van der Waals surface area (Å²) in [6.07, 6.45) is 5.28. The van der Waals surface area contributed by atoms with Crippen molar-refractivity contribution in [2.24, 2.45) is 0 Å². The second kappa shape index (κ2) is 7.09. The quantitative estimate of drug-likeness (QED) is 0.740. The van der Waals surface area contributed by atoms with E-state index >= 15 is 0 Å². The zero-order chi connectivity index (χ0) is 18.2. The summed E-state index contributed by atoms with van der Waals surface area (Å²) in [5.41, 5.74) is 3.85. The number of benzene rings is 1. The molecule has 1 aromatic carbocycles. The number of hydrogen-bond donors (Lipinski definition) is 1. The SMILES string of the molecule is CCN1CCN(c2ccc(Nc3ncnc4sc5c(c34)CCC5)cc2)CC1. The van der Waals surface area contributed by atoms with Gasteiger partial charge in [-0.15, -0.1) is 11.3 Å². The fourth-order valence-electron chi connectivity index (χ4n) is 4.24. The Labute approximate surface area is 164 Å². The minimum atomic E-state index is 0.948. The summed E-state index contributed by atoms with van der Waals surface area (Å²) in [5.74, 6) is 0.948. The summed E-state index contributed by atoms with van der Waals surface area (Å²) in [6, 6.07) is 8.78. The molecule has 0 saturated carbocycles. The van der Waals surface area contributed by atoms with Crippen LogP contribution in [0.15, 0.2) is 30.6 Å². The first-order chi connectivity index (χ1) is 13.3. The van der Waals surface area contributed by atoms with Crippen LogP contribution in [-0.4, -0.2) is 47.6 Å². The third kappa shape index (κ3) is 3.17. The van der Waals surface area contributed by atoms with Gasteiger partial charge in [-0.2, -0.15) is 0 Å². The molecule has 0 atom stereocenters. The van der Waals surface area contributed by atoms with Gasteiger partial charge in [0.25, 0.3) is 0 Å². The Kier molecular flexibility index (Phi) is 4.45. The Balaban J connectivity index is 1.36. The van der Waals surface area contributed by atoms with Crippen molar-refractivity contribution in [2.75, 3.05) is 42.9 Å². The Morgan fingerprint density at radius 3 is 2.63 bits per heavy atom. The number of piperazine rings is 1. The van der Waals surface area contributed by atoms with E-state index in [-0.39, 0.29) is 0 Å². The molecule has 3 aromatic rings. The highest BCUT2D eigenvalue weighted by atomic mass is 32.1. The summed E-state index contributed by atoms with van der Waals surface area (Å²) in [6.45, 7) is 7.90. The number of aryl methyl sites for hydroxylation is 2. The monoisotopic (exact) mass is 379 g/mol. The molecule has 0 bridgehead atoms. The molecule has 2 aromatic heterocycles. The molecule has 140 valence electrons. The molecule has 1 aliphatic heterocycles. The molecule has 0 spiro atoms. The first kappa shape index (κ1) is 17.0. The van der Waals surface area contributed by atoms with Crippen molar-refractivity contribution in [3.8, 4) is 0 Å². The molecular weight excluding hydrogens is 354 g/mol. The Morgan fingerprint density at radius 2 is 1.85 bits per heavy atom. The Morgan fingerprint density at radius 1 is 1.04 bits per heavy atom. The van der Waals surface area contributed by atoms with Gasteiger partial charge in [-0.05, 0) is 55.6 Å². The van der Waals surface area contributed by atoms with Crippen molar-refractivity contribution in [3.05, 3.63) is 41.0 Å². The van der Waals surface area contributed by atoms with Crippen molar-refractivity contribution in [2.45, 2.75) is 26.2 Å². The summed E-state index contributed by atoms with van der Waals surface area (Å²) in [4.78, 5) is 16.6. The third-order valence-electron chi connectivity index (χ3n) is 5.82. The fourth-order valence-corrected chi connectivity index (χ4v) is 5.47. The maximum atomic E-state index is 4.55. The van der Waals surface area contributed by atoms with E-state index in [0.717, 1.165) is 55.5 Å². The summed E-state index contributed by atoms with van der Waals surface area (Å²) in [7, 11) is 0. The van der Waals surface area contributed by atoms with Gasteiger partial charge in [-0.25, -0.2) is 9.97 Å². The Bertz CT molecular complexity index is 941. The largest absolute Gasteiger partial charge is 0.369 e. The first-order valence-electron chi connectivity index (χ1n) is 9.91. The van der Waals surface area contributed by atoms with Gasteiger partial charge in [0, 0.05) is 42.4 Å². The molecule has 0 amide bonds. The van der Waals surface area contributed by atoms with E-state index in [2.05, 4.69) is 56.3 Å². The first-order valence-corrected chi connectivity index (χ1v) is 10.7. The van der Waals surface area contributed by atoms with Crippen LogP contribution in [0, 0.1) is 0 Å². The number of nitrogens with one attached hydrogen (secondary N) is 1. The minimum Gasteiger partial charge on any atom is -0.369 e. The molecule has 5 nitrogen and oxygen atoms in total. The maximum absolute atomic E-state index is 4.55. The minimum absolute atomic E-state index is 0.948. The van der Waals surface area contributed by atoms with E-state index in [1.807, 2.05) is 11.3 Å². The van der Waals surface area contributed by atoms with Gasteiger partial charge in [-0.3, -0.25) is 0 Å². The number of anilines is 3. The number of thiophene rings is 1. The highest BCUT2D eigenvalue weighted by Gasteiger charge is 2.21. The van der Waals surface area contributed by atoms with Crippen LogP contribution in [-0.2, 0) is 12.8 Å². The lowest BCUT2D eigenvalue weighted by atomic mass is 10.2. The van der Waals surface area contributed by atoms with E-state index in [4.69, 9.17) is 0 Å². The second-order valence-corrected chi connectivity index (χ2v) is 8.44. The molecular formula is C21H25N5S. The lowest BCUT2D eigenvalue weighted by Crippen LogP contribution is -2.46. The molecule has 2 aliphatic rings. The molecule has 1 saturated heterocycles. The van der Waals surface area contributed by atoms with Crippen LogP contribution in [0.1, 0.15) is 23.8 Å².